The van der Waals surface area contributed by atoms with Crippen molar-refractivity contribution in [3.63, 3.8) is 0 Å². The summed E-state index contributed by atoms with van der Waals surface area (Å²) in [6, 6.07) is 0. The Kier molecular flexibility index (Phi) is 5.42. The largest absolute Gasteiger partial charge is 0.389 e. The smallest absolute Gasteiger partial charge is 0.0950 e. The van der Waals surface area contributed by atoms with Crippen LogP contribution in [0.2, 0.25) is 0 Å². The Balaban J connectivity index is 2.35. The zero-order chi connectivity index (χ0) is 13.1. The predicted octanol–water partition coefficient (Wildman–Crippen LogP) is 2.14. The average molecular weight is 243 g/mol. The Bertz CT molecular complexity index is 220. The maximum Gasteiger partial charge on any atom is 0.0950 e. The van der Waals surface area contributed by atoms with Gasteiger partial charge in [-0.05, 0) is 51.6 Å². The van der Waals surface area contributed by atoms with Crippen LogP contribution in [0.5, 0.6) is 0 Å². The molecule has 0 aliphatic carbocycles. The number of ether oxygens (including phenoxy) is 1. The summed E-state index contributed by atoms with van der Waals surface area (Å²) in [6.45, 7) is 11.5. The number of aliphatic hydroxyl groups is 1. The van der Waals surface area contributed by atoms with Gasteiger partial charge in [0, 0.05) is 13.7 Å². The highest BCUT2D eigenvalue weighted by atomic mass is 16.5. The second kappa shape index (κ2) is 6.17. The van der Waals surface area contributed by atoms with Gasteiger partial charge in [-0.25, -0.2) is 0 Å². The fraction of sp³-hybridized carbons (Fsp3) is 1.00. The lowest BCUT2D eigenvalue weighted by Crippen LogP contribution is -2.48. The Morgan fingerprint density at radius 1 is 1.29 bits per heavy atom. The first-order valence-corrected chi connectivity index (χ1v) is 6.82. The van der Waals surface area contributed by atoms with Gasteiger partial charge in [0.25, 0.3) is 0 Å². The van der Waals surface area contributed by atoms with Gasteiger partial charge in [-0.15, -0.1) is 0 Å². The van der Waals surface area contributed by atoms with Crippen LogP contribution < -0.4 is 0 Å². The summed E-state index contributed by atoms with van der Waals surface area (Å²) in [5, 5.41) is 10.1. The number of hydrogen-bond donors (Lipinski definition) is 1. The zero-order valence-corrected chi connectivity index (χ0v) is 12.1. The molecule has 0 radical (unpaired) electrons. The van der Waals surface area contributed by atoms with Gasteiger partial charge in [-0.3, -0.25) is 0 Å². The number of β-amino-alcohol motifs (C(OH)–C–C–N with tert-alkyl or cyclic N) is 1. The summed E-state index contributed by atoms with van der Waals surface area (Å²) < 4.78 is 5.32. The van der Waals surface area contributed by atoms with E-state index in [0.29, 0.717) is 0 Å². The molecule has 0 spiro atoms. The third kappa shape index (κ3) is 4.23. The van der Waals surface area contributed by atoms with Crippen molar-refractivity contribution < 1.29 is 9.84 Å². The molecule has 17 heavy (non-hydrogen) atoms. The van der Waals surface area contributed by atoms with Gasteiger partial charge in [0.15, 0.2) is 0 Å². The third-order valence-corrected chi connectivity index (χ3v) is 4.33. The second-order valence-electron chi connectivity index (χ2n) is 6.21. The molecule has 0 amide bonds. The molecule has 0 saturated carbocycles. The Hall–Kier alpha value is -0.120. The highest BCUT2D eigenvalue weighted by molar-refractivity contribution is 4.83. The minimum Gasteiger partial charge on any atom is -0.389 e. The molecule has 1 unspecified atom stereocenters. The molecule has 3 nitrogen and oxygen atoms in total. The van der Waals surface area contributed by atoms with Crippen molar-refractivity contribution in [1.82, 2.24) is 4.90 Å². The zero-order valence-electron chi connectivity index (χ0n) is 12.1. The van der Waals surface area contributed by atoms with Gasteiger partial charge in [-0.2, -0.15) is 0 Å². The highest BCUT2D eigenvalue weighted by Gasteiger charge is 2.30. The van der Waals surface area contributed by atoms with Gasteiger partial charge in [0.05, 0.1) is 11.7 Å². The number of rotatable bonds is 5. The summed E-state index contributed by atoms with van der Waals surface area (Å²) in [4.78, 5) is 2.37. The first kappa shape index (κ1) is 14.9. The number of hydrogen-bond acceptors (Lipinski definition) is 3. The molecule has 0 aromatic rings. The van der Waals surface area contributed by atoms with Gasteiger partial charge in [0.2, 0.25) is 0 Å². The fourth-order valence-corrected chi connectivity index (χ4v) is 2.40. The molecule has 1 aliphatic rings. The van der Waals surface area contributed by atoms with Gasteiger partial charge < -0.3 is 14.7 Å². The third-order valence-electron chi connectivity index (χ3n) is 4.33. The molecule has 0 bridgehead atoms. The van der Waals surface area contributed by atoms with Crippen molar-refractivity contribution in [3.8, 4) is 0 Å². The van der Waals surface area contributed by atoms with E-state index in [-0.39, 0.29) is 0 Å². The van der Waals surface area contributed by atoms with Crippen LogP contribution in [0, 0.1) is 11.8 Å². The van der Waals surface area contributed by atoms with Crippen LogP contribution >= 0.6 is 0 Å². The summed E-state index contributed by atoms with van der Waals surface area (Å²) in [6.07, 6.45) is 2.11. The molecule has 1 fully saturated rings. The van der Waals surface area contributed by atoms with E-state index < -0.39 is 11.7 Å². The molecule has 0 aromatic heterocycles. The minimum atomic E-state index is -0.450. The molecule has 3 heteroatoms. The van der Waals surface area contributed by atoms with E-state index in [2.05, 4.69) is 18.7 Å². The van der Waals surface area contributed by atoms with Crippen LogP contribution in [0.4, 0.5) is 0 Å². The summed E-state index contributed by atoms with van der Waals surface area (Å²) >= 11 is 0. The molecule has 1 heterocycles. The lowest BCUT2D eigenvalue weighted by atomic mass is 9.86. The average Bonchev–Trinajstić information content (AvgIpc) is 2.29. The van der Waals surface area contributed by atoms with Crippen LogP contribution in [-0.2, 0) is 4.74 Å². The number of methoxy groups -OCH3 is 1. The quantitative estimate of drug-likeness (QED) is 0.803. The molecule has 102 valence electrons. The maximum absolute atomic E-state index is 10.1. The minimum absolute atomic E-state index is 0.414. The van der Waals surface area contributed by atoms with E-state index in [9.17, 15) is 5.11 Å². The normalized spacial score (nSPS) is 22.1. The standard InChI is InChI=1S/C14H29NO2/c1-11(2)12-6-8-15(9-7-12)10-13(16)14(3,4)17-5/h11-13,16H,6-10H2,1-5H3. The van der Waals surface area contributed by atoms with E-state index >= 15 is 0 Å². The van der Waals surface area contributed by atoms with Gasteiger partial charge >= 0.3 is 0 Å². The van der Waals surface area contributed by atoms with Crippen molar-refractivity contribution in [1.29, 1.82) is 0 Å². The summed E-state index contributed by atoms with van der Waals surface area (Å²) in [7, 11) is 1.66. The Labute approximate surface area is 106 Å². The molecule has 1 saturated heterocycles. The van der Waals surface area contributed by atoms with Crippen LogP contribution in [0.3, 0.4) is 0 Å². The first-order valence-electron chi connectivity index (χ1n) is 6.82. The topological polar surface area (TPSA) is 32.7 Å². The highest BCUT2D eigenvalue weighted by Crippen LogP contribution is 2.25. The van der Waals surface area contributed by atoms with E-state index in [4.69, 9.17) is 4.74 Å². The molecule has 1 aliphatic heterocycles. The molecule has 1 rings (SSSR count). The van der Waals surface area contributed by atoms with Gasteiger partial charge in [-0.1, -0.05) is 13.8 Å². The van der Waals surface area contributed by atoms with Crippen molar-refractivity contribution in [3.05, 3.63) is 0 Å². The van der Waals surface area contributed by atoms with E-state index in [1.165, 1.54) is 12.8 Å². The van der Waals surface area contributed by atoms with Crippen molar-refractivity contribution in [2.24, 2.45) is 11.8 Å². The lowest BCUT2D eigenvalue weighted by Gasteiger charge is -2.38. The maximum atomic E-state index is 10.1. The van der Waals surface area contributed by atoms with Crippen LogP contribution in [0.25, 0.3) is 0 Å². The van der Waals surface area contributed by atoms with Crippen molar-refractivity contribution in [2.75, 3.05) is 26.7 Å². The molecule has 0 aromatic carbocycles. The molecule has 1 atom stereocenters. The Morgan fingerprint density at radius 3 is 2.24 bits per heavy atom. The van der Waals surface area contributed by atoms with Gasteiger partial charge in [0.1, 0.15) is 0 Å². The van der Waals surface area contributed by atoms with Crippen molar-refractivity contribution >= 4 is 0 Å². The number of nitrogens with zero attached hydrogens (tertiary/aromatic N) is 1. The van der Waals surface area contributed by atoms with E-state index in [0.717, 1.165) is 31.5 Å². The first-order chi connectivity index (χ1) is 7.86. The fourth-order valence-electron chi connectivity index (χ4n) is 2.40. The Morgan fingerprint density at radius 2 is 1.82 bits per heavy atom. The van der Waals surface area contributed by atoms with E-state index in [1.54, 1.807) is 7.11 Å². The summed E-state index contributed by atoms with van der Waals surface area (Å²) in [5.41, 5.74) is -0.450. The van der Waals surface area contributed by atoms with Crippen molar-refractivity contribution in [2.45, 2.75) is 52.2 Å². The van der Waals surface area contributed by atoms with Crippen LogP contribution in [0.15, 0.2) is 0 Å². The summed E-state index contributed by atoms with van der Waals surface area (Å²) in [5.74, 6) is 1.65. The number of piperidine rings is 1. The lowest BCUT2D eigenvalue weighted by molar-refractivity contribution is -0.0900. The number of aliphatic hydroxyl groups excluding tert-OH is 1. The van der Waals surface area contributed by atoms with Crippen LogP contribution in [-0.4, -0.2) is 48.5 Å². The second-order valence-corrected chi connectivity index (χ2v) is 6.21. The predicted molar refractivity (Wildman–Crippen MR) is 71.1 cm³/mol. The van der Waals surface area contributed by atoms with E-state index in [1.807, 2.05) is 13.8 Å². The molecular formula is C14H29NO2. The monoisotopic (exact) mass is 243 g/mol. The molecule has 1 N–H and O–H groups in total. The molecular weight excluding hydrogens is 214 g/mol. The van der Waals surface area contributed by atoms with Crippen LogP contribution in [0.1, 0.15) is 40.5 Å². The number of likely N-dealkylation sites (tertiary alicyclic amines) is 1. The SMILES string of the molecule is COC(C)(C)C(O)CN1CCC(C(C)C)CC1.